The van der Waals surface area contributed by atoms with Crippen molar-refractivity contribution in [3.63, 3.8) is 0 Å². The first kappa shape index (κ1) is 19.8. The average molecular weight is 421 g/mol. The molecule has 0 N–H and O–H groups in total. The number of rotatable bonds is 5. The van der Waals surface area contributed by atoms with Crippen molar-refractivity contribution in [1.29, 1.82) is 0 Å². The van der Waals surface area contributed by atoms with Gasteiger partial charge < -0.3 is 0 Å². The molecule has 0 aliphatic carbocycles. The molecule has 0 bridgehead atoms. The van der Waals surface area contributed by atoms with Gasteiger partial charge in [-0.05, 0) is 30.2 Å². The summed E-state index contributed by atoms with van der Waals surface area (Å²) >= 11 is 0. The molecule has 0 radical (unpaired) electrons. The Morgan fingerprint density at radius 3 is 1.93 bits per heavy atom. The van der Waals surface area contributed by atoms with Crippen molar-refractivity contribution in [2.75, 3.05) is 0 Å². The first-order valence-corrected chi connectivity index (χ1v) is 10.8. The largest absolute Gasteiger partial charge is 0.269 e. The molecule has 0 aromatic heterocycles. The van der Waals surface area contributed by atoms with Gasteiger partial charge in [0.25, 0.3) is 15.7 Å². The first-order valence-electron chi connectivity index (χ1n) is 9.33. The zero-order chi connectivity index (χ0) is 21.3. The highest BCUT2D eigenvalue weighted by Gasteiger charge is 2.43. The molecule has 0 spiro atoms. The Kier molecular flexibility index (Phi) is 5.09. The van der Waals surface area contributed by atoms with Gasteiger partial charge in [0, 0.05) is 12.1 Å². The number of hydrogen-bond donors (Lipinski definition) is 0. The summed E-state index contributed by atoms with van der Waals surface area (Å²) in [5, 5.41) is 10.9. The highest BCUT2D eigenvalue weighted by Crippen LogP contribution is 2.44. The number of amidine groups is 1. The molecule has 1 heterocycles. The average Bonchev–Trinajstić information content (AvgIpc) is 3.13. The highest BCUT2D eigenvalue weighted by molar-refractivity contribution is 7.89. The standard InChI is InChI=1S/C22H19N3O4S/c1-16-23-21(17-8-4-2-5-9-17)22(18-10-6-3-7-11-18)24(16)30(28,29)20-14-12-19(13-15-20)25(26)27/h2-15,21-22H,1H3/t21-,22-/m1/s1. The predicted octanol–water partition coefficient (Wildman–Crippen LogP) is 4.50. The zero-order valence-corrected chi connectivity index (χ0v) is 16.9. The molecule has 8 heteroatoms. The van der Waals surface area contributed by atoms with E-state index in [0.717, 1.165) is 11.1 Å². The van der Waals surface area contributed by atoms with Gasteiger partial charge in [-0.2, -0.15) is 0 Å². The summed E-state index contributed by atoms with van der Waals surface area (Å²) in [5.41, 5.74) is 1.56. The predicted molar refractivity (Wildman–Crippen MR) is 114 cm³/mol. The fraction of sp³-hybridized carbons (Fsp3) is 0.136. The number of benzene rings is 3. The van der Waals surface area contributed by atoms with E-state index in [1.54, 1.807) is 6.92 Å². The normalized spacial score (nSPS) is 18.8. The number of aliphatic imine (C=N–C) groups is 1. The summed E-state index contributed by atoms with van der Waals surface area (Å²) in [7, 11) is -3.99. The minimum absolute atomic E-state index is 0.0164. The molecule has 0 fully saturated rings. The third kappa shape index (κ3) is 3.46. The van der Waals surface area contributed by atoms with E-state index in [-0.39, 0.29) is 10.6 Å². The van der Waals surface area contributed by atoms with E-state index in [9.17, 15) is 18.5 Å². The Hall–Kier alpha value is -3.52. The minimum Gasteiger partial charge on any atom is -0.261 e. The van der Waals surface area contributed by atoms with Gasteiger partial charge in [-0.15, -0.1) is 0 Å². The molecular weight excluding hydrogens is 402 g/mol. The van der Waals surface area contributed by atoms with Crippen molar-refractivity contribution in [1.82, 2.24) is 4.31 Å². The van der Waals surface area contributed by atoms with Crippen LogP contribution in [0.15, 0.2) is 94.8 Å². The van der Waals surface area contributed by atoms with Crippen molar-refractivity contribution in [3.05, 3.63) is 106 Å². The zero-order valence-electron chi connectivity index (χ0n) is 16.1. The first-order chi connectivity index (χ1) is 14.4. The Morgan fingerprint density at radius 2 is 1.40 bits per heavy atom. The molecule has 1 aliphatic rings. The van der Waals surface area contributed by atoms with Gasteiger partial charge in [0.2, 0.25) is 0 Å². The van der Waals surface area contributed by atoms with Crippen LogP contribution in [0.5, 0.6) is 0 Å². The number of nitrogens with zero attached hydrogens (tertiary/aromatic N) is 3. The molecule has 3 aromatic carbocycles. The van der Waals surface area contributed by atoms with Crippen LogP contribution in [0.2, 0.25) is 0 Å². The van der Waals surface area contributed by atoms with Crippen LogP contribution in [0.1, 0.15) is 30.1 Å². The molecule has 2 atom stereocenters. The van der Waals surface area contributed by atoms with E-state index in [1.807, 2.05) is 60.7 Å². The van der Waals surface area contributed by atoms with Crippen LogP contribution in [0.25, 0.3) is 0 Å². The Balaban J connectivity index is 1.82. The van der Waals surface area contributed by atoms with Crippen molar-refractivity contribution < 1.29 is 13.3 Å². The summed E-state index contributed by atoms with van der Waals surface area (Å²) in [6, 6.07) is 22.9. The van der Waals surface area contributed by atoms with Crippen molar-refractivity contribution in [2.45, 2.75) is 23.9 Å². The van der Waals surface area contributed by atoms with Gasteiger partial charge in [-0.25, -0.2) is 12.7 Å². The van der Waals surface area contributed by atoms with Crippen LogP contribution in [0.4, 0.5) is 5.69 Å². The third-order valence-electron chi connectivity index (χ3n) is 5.08. The fourth-order valence-electron chi connectivity index (χ4n) is 3.71. The molecule has 3 aromatic rings. The van der Waals surface area contributed by atoms with Crippen LogP contribution in [-0.4, -0.2) is 23.5 Å². The van der Waals surface area contributed by atoms with Gasteiger partial charge in [-0.3, -0.25) is 15.1 Å². The maximum Gasteiger partial charge on any atom is 0.269 e. The molecule has 0 saturated heterocycles. The third-order valence-corrected chi connectivity index (χ3v) is 6.96. The van der Waals surface area contributed by atoms with E-state index in [1.165, 1.54) is 28.6 Å². The lowest BCUT2D eigenvalue weighted by Gasteiger charge is -2.29. The molecule has 30 heavy (non-hydrogen) atoms. The summed E-state index contributed by atoms with van der Waals surface area (Å²) < 4.78 is 28.4. The lowest BCUT2D eigenvalue weighted by molar-refractivity contribution is -0.384. The molecule has 7 nitrogen and oxygen atoms in total. The molecule has 0 amide bonds. The SMILES string of the molecule is CC1=N[C@H](c2ccccc2)[C@@H](c2ccccc2)N1S(=O)(=O)c1ccc([N+](=O)[O-])cc1. The maximum atomic E-state index is 13.6. The molecule has 0 saturated carbocycles. The van der Waals surface area contributed by atoms with Crippen LogP contribution in [0.3, 0.4) is 0 Å². The van der Waals surface area contributed by atoms with E-state index < -0.39 is 27.0 Å². The Morgan fingerprint density at radius 1 is 0.867 bits per heavy atom. The van der Waals surface area contributed by atoms with Gasteiger partial charge in [-0.1, -0.05) is 60.7 Å². The minimum atomic E-state index is -3.99. The quantitative estimate of drug-likeness (QED) is 0.448. The topological polar surface area (TPSA) is 92.9 Å². The smallest absolute Gasteiger partial charge is 0.261 e. The maximum absolute atomic E-state index is 13.6. The molecular formula is C22H19N3O4S. The van der Waals surface area contributed by atoms with Crippen molar-refractivity contribution in [3.8, 4) is 0 Å². The van der Waals surface area contributed by atoms with Crippen molar-refractivity contribution >= 4 is 21.5 Å². The lowest BCUT2D eigenvalue weighted by atomic mass is 9.95. The second-order valence-corrected chi connectivity index (χ2v) is 8.75. The number of sulfonamides is 1. The van der Waals surface area contributed by atoms with E-state index in [4.69, 9.17) is 4.99 Å². The van der Waals surface area contributed by atoms with Crippen LogP contribution < -0.4 is 0 Å². The van der Waals surface area contributed by atoms with Crippen LogP contribution >= 0.6 is 0 Å². The number of nitro benzene ring substituents is 1. The Bertz CT molecular complexity index is 1190. The summed E-state index contributed by atoms with van der Waals surface area (Å²) in [4.78, 5) is 15.0. The second kappa shape index (κ2) is 7.72. The number of non-ortho nitro benzene ring substituents is 1. The van der Waals surface area contributed by atoms with E-state index in [2.05, 4.69) is 0 Å². The van der Waals surface area contributed by atoms with Gasteiger partial charge in [0.15, 0.2) is 0 Å². The number of hydrogen-bond acceptors (Lipinski definition) is 5. The summed E-state index contributed by atoms with van der Waals surface area (Å²) in [6.45, 7) is 1.67. The van der Waals surface area contributed by atoms with E-state index in [0.29, 0.717) is 5.84 Å². The number of nitro groups is 1. The van der Waals surface area contributed by atoms with E-state index >= 15 is 0 Å². The van der Waals surface area contributed by atoms with Crippen molar-refractivity contribution in [2.24, 2.45) is 4.99 Å². The highest BCUT2D eigenvalue weighted by atomic mass is 32.2. The van der Waals surface area contributed by atoms with Crippen LogP contribution in [-0.2, 0) is 10.0 Å². The van der Waals surface area contributed by atoms with Gasteiger partial charge >= 0.3 is 0 Å². The Labute approximate surface area is 174 Å². The lowest BCUT2D eigenvalue weighted by Crippen LogP contribution is -2.36. The fourth-order valence-corrected chi connectivity index (χ4v) is 5.35. The monoisotopic (exact) mass is 421 g/mol. The van der Waals surface area contributed by atoms with Crippen LogP contribution in [0, 0.1) is 10.1 Å². The second-order valence-electron chi connectivity index (χ2n) is 6.94. The molecule has 152 valence electrons. The van der Waals surface area contributed by atoms with Gasteiger partial charge in [0.05, 0.1) is 15.9 Å². The van der Waals surface area contributed by atoms with Gasteiger partial charge in [0.1, 0.15) is 11.9 Å². The summed E-state index contributed by atoms with van der Waals surface area (Å²) in [6.07, 6.45) is 0. The molecule has 0 unspecified atom stereocenters. The molecule has 1 aliphatic heterocycles. The summed E-state index contributed by atoms with van der Waals surface area (Å²) in [5.74, 6) is 0.371. The molecule has 4 rings (SSSR count).